The van der Waals surface area contributed by atoms with Gasteiger partial charge in [0.25, 0.3) is 5.56 Å². The summed E-state index contributed by atoms with van der Waals surface area (Å²) in [7, 11) is 0. The van der Waals surface area contributed by atoms with Crippen LogP contribution in [0.2, 0.25) is 0 Å². The Morgan fingerprint density at radius 1 is 1.37 bits per heavy atom. The number of nitrogens with one attached hydrogen (secondary N) is 1. The van der Waals surface area contributed by atoms with Crippen LogP contribution in [0.3, 0.4) is 0 Å². The van der Waals surface area contributed by atoms with Crippen LogP contribution in [0.5, 0.6) is 0 Å². The molecule has 0 aliphatic heterocycles. The first-order valence-corrected chi connectivity index (χ1v) is 6.88. The molecule has 0 spiro atoms. The summed E-state index contributed by atoms with van der Waals surface area (Å²) in [4.78, 5) is 17.0. The number of rotatable bonds is 5. The Bertz CT molecular complexity index is 433. The Labute approximate surface area is 122 Å². The van der Waals surface area contributed by atoms with Crippen LogP contribution < -0.4 is 11.0 Å². The molecule has 0 radical (unpaired) electrons. The lowest BCUT2D eigenvalue weighted by molar-refractivity contribution is 0.128. The van der Waals surface area contributed by atoms with Gasteiger partial charge in [0.2, 0.25) is 0 Å². The topological polar surface area (TPSA) is 43.3 Å². The molecule has 1 aromatic rings. The summed E-state index contributed by atoms with van der Waals surface area (Å²) in [5.74, 6) is 0.684. The quantitative estimate of drug-likeness (QED) is 0.844. The van der Waals surface area contributed by atoms with Crippen molar-refractivity contribution in [3.8, 4) is 0 Å². The average molecular weight is 289 g/mol. The molecular formula is C14H25ClN2O2. The minimum absolute atomic E-state index is 0. The number of pyridine rings is 1. The average Bonchev–Trinajstić information content (AvgIpc) is 2.42. The lowest BCUT2D eigenvalue weighted by Crippen LogP contribution is -2.19. The number of aromatic nitrogens is 1. The molecule has 4 nitrogen and oxygen atoms in total. The number of hydrogen-bond acceptors (Lipinski definition) is 3. The third-order valence-electron chi connectivity index (χ3n) is 3.56. The number of anilines is 1. The molecule has 0 amide bonds. The van der Waals surface area contributed by atoms with E-state index >= 15 is 0 Å². The summed E-state index contributed by atoms with van der Waals surface area (Å²) in [6, 6.07) is 3.32. The highest BCUT2D eigenvalue weighted by atomic mass is 35.5. The summed E-state index contributed by atoms with van der Waals surface area (Å²) in [6.45, 7) is 3.39. The third-order valence-corrected chi connectivity index (χ3v) is 3.56. The number of aryl methyl sites for hydroxylation is 1. The zero-order valence-electron chi connectivity index (χ0n) is 11.4. The zero-order chi connectivity index (χ0) is 12.8. The summed E-state index contributed by atoms with van der Waals surface area (Å²) in [5, 5.41) is 0. The van der Waals surface area contributed by atoms with Crippen LogP contribution in [0.4, 0.5) is 5.69 Å². The molecule has 0 bridgehead atoms. The molecule has 1 heterocycles. The van der Waals surface area contributed by atoms with Crippen molar-refractivity contribution in [1.82, 2.24) is 4.57 Å². The highest BCUT2D eigenvalue weighted by molar-refractivity contribution is 5.85. The van der Waals surface area contributed by atoms with E-state index in [-0.39, 0.29) is 19.4 Å². The van der Waals surface area contributed by atoms with Crippen molar-refractivity contribution in [2.24, 2.45) is 5.92 Å². The van der Waals surface area contributed by atoms with Crippen molar-refractivity contribution in [3.05, 3.63) is 28.7 Å². The van der Waals surface area contributed by atoms with Crippen LogP contribution in [0.25, 0.3) is 0 Å². The first kappa shape index (κ1) is 16.1. The fraction of sp³-hybridized carbons (Fsp3) is 0.643. The second kappa shape index (κ2) is 8.23. The largest absolute Gasteiger partial charge is 0.314 e. The highest BCUT2D eigenvalue weighted by Gasteiger charge is 2.13. The van der Waals surface area contributed by atoms with Crippen molar-refractivity contribution < 1.29 is 6.26 Å². The Morgan fingerprint density at radius 3 is 2.79 bits per heavy atom. The van der Waals surface area contributed by atoms with Gasteiger partial charge in [0.15, 0.2) is 0 Å². The predicted octanol–water partition coefficient (Wildman–Crippen LogP) is 3.46. The molecule has 0 saturated heterocycles. The van der Waals surface area contributed by atoms with E-state index in [1.54, 1.807) is 22.9 Å². The van der Waals surface area contributed by atoms with Crippen LogP contribution >= 0.6 is 12.4 Å². The van der Waals surface area contributed by atoms with E-state index in [9.17, 15) is 4.79 Å². The molecule has 0 aromatic carbocycles. The van der Waals surface area contributed by atoms with E-state index < -0.39 is 0 Å². The van der Waals surface area contributed by atoms with E-state index in [2.05, 4.69) is 5.48 Å². The molecule has 0 atom stereocenters. The molecular weight excluding hydrogens is 264 g/mol. The van der Waals surface area contributed by atoms with Gasteiger partial charge in [0.1, 0.15) is 0 Å². The van der Waals surface area contributed by atoms with Crippen molar-refractivity contribution in [1.29, 1.82) is 0 Å². The number of hydrogen-bond donors (Lipinski definition) is 1. The van der Waals surface area contributed by atoms with Crippen LogP contribution in [0, 0.1) is 5.92 Å². The summed E-state index contributed by atoms with van der Waals surface area (Å²) in [5.41, 5.74) is 3.80. The van der Waals surface area contributed by atoms with Gasteiger partial charge in [0, 0.05) is 20.2 Å². The molecule has 2 rings (SSSR count). The minimum Gasteiger partial charge on any atom is -0.314 e. The van der Waals surface area contributed by atoms with Gasteiger partial charge >= 0.3 is 0 Å². The zero-order valence-corrected chi connectivity index (χ0v) is 12.2. The van der Waals surface area contributed by atoms with Crippen molar-refractivity contribution >= 4 is 18.1 Å². The van der Waals surface area contributed by atoms with Gasteiger partial charge in [-0.2, -0.15) is 0 Å². The maximum Gasteiger partial charge on any atom is 0.250 e. The van der Waals surface area contributed by atoms with Gasteiger partial charge in [-0.1, -0.05) is 19.3 Å². The first-order valence-electron chi connectivity index (χ1n) is 6.88. The van der Waals surface area contributed by atoms with Gasteiger partial charge in [-0.25, -0.2) is 0 Å². The Kier molecular flexibility index (Phi) is 6.95. The summed E-state index contributed by atoms with van der Waals surface area (Å²) in [6.07, 6.45) is 8.37. The van der Waals surface area contributed by atoms with Crippen LogP contribution in [0.15, 0.2) is 23.1 Å². The van der Waals surface area contributed by atoms with E-state index in [0.717, 1.165) is 12.3 Å². The standard InChI is InChI=1S/C14H22N2O2.ClH.H2/c1-2-16-10-13(8-9-14(16)17)15-18-11-12-6-4-3-5-7-12;;/h8-10,12,15H,2-7,11H2,1H3;2*1H. The second-order valence-corrected chi connectivity index (χ2v) is 4.96. The molecule has 1 N–H and O–H groups in total. The van der Waals surface area contributed by atoms with Gasteiger partial charge in [-0.15, -0.1) is 12.4 Å². The Morgan fingerprint density at radius 2 is 2.11 bits per heavy atom. The normalized spacial score (nSPS) is 15.8. The molecule has 110 valence electrons. The maximum absolute atomic E-state index is 11.4. The highest BCUT2D eigenvalue weighted by Crippen LogP contribution is 2.23. The molecule has 1 aliphatic carbocycles. The van der Waals surface area contributed by atoms with E-state index in [1.807, 2.05) is 6.92 Å². The number of halogens is 1. The lowest BCUT2D eigenvalue weighted by Gasteiger charge is -2.21. The number of nitrogens with zero attached hydrogens (tertiary/aromatic N) is 1. The summed E-state index contributed by atoms with van der Waals surface area (Å²) >= 11 is 0. The fourth-order valence-electron chi connectivity index (χ4n) is 2.44. The molecule has 1 aromatic heterocycles. The van der Waals surface area contributed by atoms with Crippen molar-refractivity contribution in [3.63, 3.8) is 0 Å². The van der Waals surface area contributed by atoms with Crippen molar-refractivity contribution in [2.45, 2.75) is 45.6 Å². The van der Waals surface area contributed by atoms with Crippen molar-refractivity contribution in [2.75, 3.05) is 12.1 Å². The smallest absolute Gasteiger partial charge is 0.250 e. The monoisotopic (exact) mass is 288 g/mol. The molecule has 19 heavy (non-hydrogen) atoms. The SMILES string of the molecule is CCn1cc(NOCC2CCCCC2)ccc1=O.Cl.[HH]. The molecule has 1 saturated carbocycles. The van der Waals surface area contributed by atoms with Gasteiger partial charge < -0.3 is 4.57 Å². The fourth-order valence-corrected chi connectivity index (χ4v) is 2.44. The summed E-state index contributed by atoms with van der Waals surface area (Å²) < 4.78 is 1.66. The second-order valence-electron chi connectivity index (χ2n) is 4.96. The third kappa shape index (κ3) is 4.88. The minimum atomic E-state index is 0. The lowest BCUT2D eigenvalue weighted by atomic mass is 9.90. The van der Waals surface area contributed by atoms with E-state index in [1.165, 1.54) is 32.1 Å². The molecule has 5 heteroatoms. The maximum atomic E-state index is 11.4. The molecule has 0 unspecified atom stereocenters. The van der Waals surface area contributed by atoms with Crippen LogP contribution in [-0.4, -0.2) is 11.2 Å². The van der Waals surface area contributed by atoms with E-state index in [4.69, 9.17) is 4.84 Å². The van der Waals surface area contributed by atoms with Crippen LogP contribution in [0.1, 0.15) is 40.5 Å². The first-order chi connectivity index (χ1) is 8.79. The Hall–Kier alpha value is -1.00. The van der Waals surface area contributed by atoms with Gasteiger partial charge in [0.05, 0.1) is 12.3 Å². The van der Waals surface area contributed by atoms with Gasteiger partial charge in [-0.05, 0) is 31.7 Å². The predicted molar refractivity (Wildman–Crippen MR) is 81.9 cm³/mol. The molecule has 1 aliphatic rings. The van der Waals surface area contributed by atoms with Crippen LogP contribution in [-0.2, 0) is 11.4 Å². The Balaban J connectivity index is 0.00000180. The van der Waals surface area contributed by atoms with E-state index in [0.29, 0.717) is 12.5 Å². The van der Waals surface area contributed by atoms with Gasteiger partial charge in [-0.3, -0.25) is 15.1 Å². The molecule has 1 fully saturated rings.